The molecule has 7 heteroatoms. The lowest BCUT2D eigenvalue weighted by Crippen LogP contribution is -2.50. The van der Waals surface area contributed by atoms with E-state index >= 15 is 0 Å². The lowest BCUT2D eigenvalue weighted by molar-refractivity contribution is -0.133. The summed E-state index contributed by atoms with van der Waals surface area (Å²) in [4.78, 5) is 16.7. The smallest absolute Gasteiger partial charge is 0.260 e. The Morgan fingerprint density at radius 1 is 1.00 bits per heavy atom. The van der Waals surface area contributed by atoms with Gasteiger partial charge in [0.25, 0.3) is 5.91 Å². The van der Waals surface area contributed by atoms with E-state index in [1.54, 1.807) is 24.3 Å². The van der Waals surface area contributed by atoms with Crippen molar-refractivity contribution in [1.29, 1.82) is 0 Å². The van der Waals surface area contributed by atoms with Crippen molar-refractivity contribution >= 4 is 23.2 Å². The summed E-state index contributed by atoms with van der Waals surface area (Å²) < 4.78 is 7.59. The number of ether oxygens (including phenoxy) is 1. The second kappa shape index (κ2) is 8.79. The first-order valence-electron chi connectivity index (χ1n) is 10.1. The van der Waals surface area contributed by atoms with Gasteiger partial charge in [0.1, 0.15) is 5.75 Å². The zero-order chi connectivity index (χ0) is 21.1. The molecule has 0 atom stereocenters. The van der Waals surface area contributed by atoms with Crippen LogP contribution in [0.5, 0.6) is 5.75 Å². The average molecular weight is 425 g/mol. The molecule has 0 spiro atoms. The normalized spacial score (nSPS) is 14.1. The van der Waals surface area contributed by atoms with Gasteiger partial charge in [-0.25, -0.2) is 4.68 Å². The SMILES string of the molecule is Cc1nn(-c2ccccc2)c(C)c1N1CCN(C(=O)COc2ccc(Cl)cc2)CC1. The number of hydrogen-bond acceptors (Lipinski definition) is 4. The molecule has 2 aromatic carbocycles. The first kappa shape index (κ1) is 20.3. The summed E-state index contributed by atoms with van der Waals surface area (Å²) in [5, 5.41) is 5.39. The fraction of sp³-hybridized carbons (Fsp3) is 0.304. The highest BCUT2D eigenvalue weighted by molar-refractivity contribution is 6.30. The number of para-hydroxylation sites is 1. The van der Waals surface area contributed by atoms with E-state index in [1.807, 2.05) is 34.7 Å². The maximum absolute atomic E-state index is 12.5. The summed E-state index contributed by atoms with van der Waals surface area (Å²) in [7, 11) is 0. The Balaban J connectivity index is 1.37. The summed E-state index contributed by atoms with van der Waals surface area (Å²) in [5.74, 6) is 0.643. The van der Waals surface area contributed by atoms with E-state index in [1.165, 1.54) is 0 Å². The van der Waals surface area contributed by atoms with Crippen LogP contribution in [0.1, 0.15) is 11.4 Å². The van der Waals surface area contributed by atoms with Crippen molar-refractivity contribution in [3.8, 4) is 11.4 Å². The zero-order valence-electron chi connectivity index (χ0n) is 17.2. The van der Waals surface area contributed by atoms with Crippen LogP contribution in [0, 0.1) is 13.8 Å². The van der Waals surface area contributed by atoms with E-state index in [0.717, 1.165) is 35.9 Å². The number of amides is 1. The summed E-state index contributed by atoms with van der Waals surface area (Å²) in [6, 6.07) is 17.2. The number of carbonyl (C=O) groups is 1. The van der Waals surface area contributed by atoms with Crippen LogP contribution in [0.15, 0.2) is 54.6 Å². The molecule has 156 valence electrons. The maximum atomic E-state index is 12.5. The Labute approximate surface area is 181 Å². The topological polar surface area (TPSA) is 50.6 Å². The van der Waals surface area contributed by atoms with Crippen LogP contribution in [0.25, 0.3) is 5.69 Å². The van der Waals surface area contributed by atoms with E-state index in [0.29, 0.717) is 23.9 Å². The predicted molar refractivity (Wildman–Crippen MR) is 119 cm³/mol. The van der Waals surface area contributed by atoms with Gasteiger partial charge in [0.05, 0.1) is 22.8 Å². The van der Waals surface area contributed by atoms with Gasteiger partial charge in [-0.15, -0.1) is 0 Å². The number of piperazine rings is 1. The highest BCUT2D eigenvalue weighted by Gasteiger charge is 2.25. The minimum atomic E-state index is -0.00183. The molecule has 1 saturated heterocycles. The number of anilines is 1. The Bertz CT molecular complexity index is 1010. The number of carbonyl (C=O) groups excluding carboxylic acids is 1. The molecule has 4 rings (SSSR count). The number of halogens is 1. The van der Waals surface area contributed by atoms with E-state index in [9.17, 15) is 4.79 Å². The van der Waals surface area contributed by atoms with Crippen LogP contribution in [-0.2, 0) is 4.79 Å². The lowest BCUT2D eigenvalue weighted by atomic mass is 10.2. The van der Waals surface area contributed by atoms with Gasteiger partial charge in [0.2, 0.25) is 0 Å². The maximum Gasteiger partial charge on any atom is 0.260 e. The van der Waals surface area contributed by atoms with Crippen molar-refractivity contribution in [3.05, 3.63) is 71.0 Å². The standard InChI is InChI=1S/C23H25ClN4O2/c1-17-23(18(2)28(25-17)20-6-4-3-5-7-20)27-14-12-26(13-15-27)22(29)16-30-21-10-8-19(24)9-11-21/h3-11H,12-16H2,1-2H3. The van der Waals surface area contributed by atoms with Crippen LogP contribution in [0.4, 0.5) is 5.69 Å². The Hall–Kier alpha value is -2.99. The van der Waals surface area contributed by atoms with Crippen LogP contribution in [-0.4, -0.2) is 53.4 Å². The van der Waals surface area contributed by atoms with Gasteiger partial charge in [-0.1, -0.05) is 29.8 Å². The van der Waals surface area contributed by atoms with Crippen molar-refractivity contribution in [2.45, 2.75) is 13.8 Å². The first-order chi connectivity index (χ1) is 14.5. The molecule has 0 saturated carbocycles. The number of hydrogen-bond donors (Lipinski definition) is 0. The third-order valence-electron chi connectivity index (χ3n) is 5.38. The van der Waals surface area contributed by atoms with E-state index in [-0.39, 0.29) is 12.5 Å². The van der Waals surface area contributed by atoms with Crippen molar-refractivity contribution < 1.29 is 9.53 Å². The minimum absolute atomic E-state index is 0.00183. The fourth-order valence-electron chi connectivity index (χ4n) is 3.86. The molecular weight excluding hydrogens is 400 g/mol. The highest BCUT2D eigenvalue weighted by Crippen LogP contribution is 2.27. The van der Waals surface area contributed by atoms with E-state index in [4.69, 9.17) is 21.4 Å². The van der Waals surface area contributed by atoms with Crippen molar-refractivity contribution in [2.24, 2.45) is 0 Å². The van der Waals surface area contributed by atoms with Crippen LogP contribution in [0.3, 0.4) is 0 Å². The largest absolute Gasteiger partial charge is 0.484 e. The number of benzene rings is 2. The molecule has 0 aliphatic carbocycles. The van der Waals surface area contributed by atoms with Gasteiger partial charge in [0.15, 0.2) is 6.61 Å². The Kier molecular flexibility index (Phi) is 5.95. The molecule has 6 nitrogen and oxygen atoms in total. The quantitative estimate of drug-likeness (QED) is 0.624. The molecule has 0 bridgehead atoms. The molecule has 30 heavy (non-hydrogen) atoms. The van der Waals surface area contributed by atoms with Gasteiger partial charge in [-0.05, 0) is 50.2 Å². The van der Waals surface area contributed by atoms with Gasteiger partial charge in [-0.3, -0.25) is 4.79 Å². The molecule has 0 N–H and O–H groups in total. The molecule has 1 amide bonds. The molecule has 1 fully saturated rings. The molecule has 1 aliphatic heterocycles. The molecule has 0 unspecified atom stereocenters. The highest BCUT2D eigenvalue weighted by atomic mass is 35.5. The molecular formula is C23H25ClN4O2. The summed E-state index contributed by atoms with van der Waals surface area (Å²) in [5.41, 5.74) is 4.33. The van der Waals surface area contributed by atoms with Gasteiger partial charge in [0, 0.05) is 31.2 Å². The molecule has 1 aliphatic rings. The fourth-order valence-corrected chi connectivity index (χ4v) is 3.99. The Morgan fingerprint density at radius 3 is 2.33 bits per heavy atom. The van der Waals surface area contributed by atoms with Gasteiger partial charge < -0.3 is 14.5 Å². The minimum Gasteiger partial charge on any atom is -0.484 e. The third-order valence-corrected chi connectivity index (χ3v) is 5.63. The van der Waals surface area contributed by atoms with Crippen molar-refractivity contribution in [3.63, 3.8) is 0 Å². The number of aryl methyl sites for hydroxylation is 1. The molecule has 0 radical (unpaired) electrons. The number of rotatable bonds is 5. The Morgan fingerprint density at radius 2 is 1.67 bits per heavy atom. The monoisotopic (exact) mass is 424 g/mol. The van der Waals surface area contributed by atoms with Crippen LogP contribution < -0.4 is 9.64 Å². The summed E-state index contributed by atoms with van der Waals surface area (Å²) in [6.07, 6.45) is 0. The summed E-state index contributed by atoms with van der Waals surface area (Å²) >= 11 is 5.88. The average Bonchev–Trinajstić information content (AvgIpc) is 3.08. The molecule has 3 aromatic rings. The summed E-state index contributed by atoms with van der Waals surface area (Å²) in [6.45, 7) is 7.05. The first-order valence-corrected chi connectivity index (χ1v) is 10.4. The van der Waals surface area contributed by atoms with Crippen molar-refractivity contribution in [2.75, 3.05) is 37.7 Å². The second-order valence-corrected chi connectivity index (χ2v) is 7.81. The number of aromatic nitrogens is 2. The van der Waals surface area contributed by atoms with E-state index < -0.39 is 0 Å². The molecule has 1 aromatic heterocycles. The number of nitrogens with zero attached hydrogens (tertiary/aromatic N) is 4. The van der Waals surface area contributed by atoms with Crippen LogP contribution >= 0.6 is 11.6 Å². The van der Waals surface area contributed by atoms with Gasteiger partial charge >= 0.3 is 0 Å². The van der Waals surface area contributed by atoms with Crippen LogP contribution in [0.2, 0.25) is 5.02 Å². The van der Waals surface area contributed by atoms with E-state index in [2.05, 4.69) is 24.0 Å². The van der Waals surface area contributed by atoms with Gasteiger partial charge in [-0.2, -0.15) is 5.10 Å². The zero-order valence-corrected chi connectivity index (χ0v) is 18.0. The lowest BCUT2D eigenvalue weighted by Gasteiger charge is -2.36. The molecule has 2 heterocycles. The second-order valence-electron chi connectivity index (χ2n) is 7.38. The van der Waals surface area contributed by atoms with Crippen molar-refractivity contribution in [1.82, 2.24) is 14.7 Å². The predicted octanol–water partition coefficient (Wildman–Crippen LogP) is 3.87. The third kappa shape index (κ3) is 4.28.